The number of pyridine rings is 1. The molecule has 4 aromatic rings. The number of hydrogen-bond donors (Lipinski definition) is 0. The lowest BCUT2D eigenvalue weighted by atomic mass is 10.0. The lowest BCUT2D eigenvalue weighted by Gasteiger charge is -2.29. The van der Waals surface area contributed by atoms with Gasteiger partial charge in [-0.15, -0.1) is 0 Å². The molecular formula is C25H22F2N4O. The van der Waals surface area contributed by atoms with Crippen LogP contribution in [0.15, 0.2) is 54.9 Å². The van der Waals surface area contributed by atoms with Gasteiger partial charge in [-0.2, -0.15) is 0 Å². The van der Waals surface area contributed by atoms with Crippen molar-refractivity contribution in [2.75, 3.05) is 25.1 Å². The molecule has 0 unspecified atom stereocenters. The maximum atomic E-state index is 14.6. The Morgan fingerprint density at radius 1 is 0.938 bits per heavy atom. The molecule has 0 aliphatic carbocycles. The molecule has 1 fully saturated rings. The molecule has 5 rings (SSSR count). The van der Waals surface area contributed by atoms with E-state index in [9.17, 15) is 8.78 Å². The van der Waals surface area contributed by atoms with Crippen molar-refractivity contribution in [3.8, 4) is 28.3 Å². The maximum Gasteiger partial charge on any atom is 0.163 e. The smallest absolute Gasteiger partial charge is 0.163 e. The first-order chi connectivity index (χ1) is 15.6. The summed E-state index contributed by atoms with van der Waals surface area (Å²) in [6.45, 7) is 1.75. The van der Waals surface area contributed by atoms with Gasteiger partial charge in [0.25, 0.3) is 0 Å². The van der Waals surface area contributed by atoms with Crippen LogP contribution >= 0.6 is 0 Å². The van der Waals surface area contributed by atoms with E-state index in [-0.39, 0.29) is 5.56 Å². The fraction of sp³-hybridized carbons (Fsp3) is 0.240. The van der Waals surface area contributed by atoms with E-state index < -0.39 is 11.6 Å². The summed E-state index contributed by atoms with van der Waals surface area (Å²) in [4.78, 5) is 16.1. The normalized spacial score (nSPS) is 14.0. The van der Waals surface area contributed by atoms with E-state index in [2.05, 4.69) is 9.88 Å². The molecule has 0 bridgehead atoms. The molecule has 0 radical (unpaired) electrons. The van der Waals surface area contributed by atoms with E-state index in [4.69, 9.17) is 14.7 Å². The zero-order valence-electron chi connectivity index (χ0n) is 17.7. The topological polar surface area (TPSA) is 51.1 Å². The van der Waals surface area contributed by atoms with Crippen molar-refractivity contribution < 1.29 is 13.5 Å². The Labute approximate surface area is 184 Å². The van der Waals surface area contributed by atoms with Crippen molar-refractivity contribution in [3.63, 3.8) is 0 Å². The zero-order chi connectivity index (χ0) is 22.1. The van der Waals surface area contributed by atoms with Gasteiger partial charge >= 0.3 is 0 Å². The number of rotatable bonds is 4. The summed E-state index contributed by atoms with van der Waals surface area (Å²) in [7, 11) is 1.55. The van der Waals surface area contributed by atoms with Crippen LogP contribution in [0.1, 0.15) is 19.3 Å². The minimum absolute atomic E-state index is 0.172. The Kier molecular flexibility index (Phi) is 5.39. The minimum Gasteiger partial charge on any atom is -0.494 e. The van der Waals surface area contributed by atoms with E-state index in [1.165, 1.54) is 12.5 Å². The van der Waals surface area contributed by atoms with Crippen molar-refractivity contribution in [3.05, 3.63) is 66.5 Å². The van der Waals surface area contributed by atoms with Gasteiger partial charge in [-0.25, -0.2) is 18.7 Å². The number of fused-ring (bicyclic) bond motifs is 1. The molecule has 0 amide bonds. The number of nitrogens with zero attached hydrogens (tertiary/aromatic N) is 4. The largest absolute Gasteiger partial charge is 0.494 e. The molecule has 2 aromatic carbocycles. The standard InChI is InChI=1S/C25H22F2N4O/c1-32-22-13-17(19-14-18(26)7-8-21(19)27)12-20-23(22)29-24(16-6-5-9-28-15-16)30-25(20)31-10-3-2-4-11-31/h5-9,12-15H,2-4,10-11H2,1H3. The Hall–Kier alpha value is -3.61. The Balaban J connectivity index is 1.78. The van der Waals surface area contributed by atoms with Gasteiger partial charge in [0.05, 0.1) is 7.11 Å². The number of piperidine rings is 1. The van der Waals surface area contributed by atoms with Crippen LogP contribution in [0, 0.1) is 11.6 Å². The fourth-order valence-electron chi connectivity index (χ4n) is 4.19. The molecule has 7 heteroatoms. The number of aromatic nitrogens is 3. The maximum absolute atomic E-state index is 14.6. The second-order valence-electron chi connectivity index (χ2n) is 7.86. The van der Waals surface area contributed by atoms with Crippen LogP contribution in [0.5, 0.6) is 5.75 Å². The lowest BCUT2D eigenvalue weighted by molar-refractivity contribution is 0.419. The van der Waals surface area contributed by atoms with Gasteiger partial charge in [0.15, 0.2) is 5.82 Å². The fourth-order valence-corrected chi connectivity index (χ4v) is 4.19. The quantitative estimate of drug-likeness (QED) is 0.418. The summed E-state index contributed by atoms with van der Waals surface area (Å²) < 4.78 is 34.1. The highest BCUT2D eigenvalue weighted by molar-refractivity contribution is 5.98. The Bertz CT molecular complexity index is 1270. The van der Waals surface area contributed by atoms with E-state index in [1.54, 1.807) is 25.6 Å². The summed E-state index contributed by atoms with van der Waals surface area (Å²) in [5.41, 5.74) is 2.12. The molecule has 0 N–H and O–H groups in total. The van der Waals surface area contributed by atoms with Crippen LogP contribution in [-0.4, -0.2) is 35.2 Å². The monoisotopic (exact) mass is 432 g/mol. The average molecular weight is 432 g/mol. The number of ether oxygens (including phenoxy) is 1. The van der Waals surface area contributed by atoms with Crippen LogP contribution in [0.2, 0.25) is 0 Å². The third-order valence-corrected chi connectivity index (χ3v) is 5.78. The van der Waals surface area contributed by atoms with Crippen LogP contribution in [0.3, 0.4) is 0 Å². The molecule has 162 valence electrons. The molecule has 1 aliphatic heterocycles. The summed E-state index contributed by atoms with van der Waals surface area (Å²) in [5.74, 6) is 0.798. The van der Waals surface area contributed by atoms with E-state index in [0.717, 1.165) is 54.8 Å². The summed E-state index contributed by atoms with van der Waals surface area (Å²) >= 11 is 0. The number of anilines is 1. The molecule has 1 aliphatic rings. The van der Waals surface area contributed by atoms with Crippen molar-refractivity contribution >= 4 is 16.7 Å². The molecule has 1 saturated heterocycles. The highest BCUT2D eigenvalue weighted by atomic mass is 19.1. The minimum atomic E-state index is -0.500. The summed E-state index contributed by atoms with van der Waals surface area (Å²) in [6, 6.07) is 10.7. The van der Waals surface area contributed by atoms with Gasteiger partial charge < -0.3 is 9.64 Å². The highest BCUT2D eigenvalue weighted by Crippen LogP contribution is 2.38. The molecule has 32 heavy (non-hydrogen) atoms. The molecular weight excluding hydrogens is 410 g/mol. The van der Waals surface area contributed by atoms with Crippen molar-refractivity contribution in [2.45, 2.75) is 19.3 Å². The van der Waals surface area contributed by atoms with Crippen LogP contribution in [0.4, 0.5) is 14.6 Å². The molecule has 0 spiro atoms. The highest BCUT2D eigenvalue weighted by Gasteiger charge is 2.21. The van der Waals surface area contributed by atoms with Gasteiger partial charge in [-0.1, -0.05) is 0 Å². The van der Waals surface area contributed by atoms with E-state index in [1.807, 2.05) is 18.2 Å². The van der Waals surface area contributed by atoms with Gasteiger partial charge in [0.1, 0.15) is 28.7 Å². The van der Waals surface area contributed by atoms with Crippen LogP contribution in [0.25, 0.3) is 33.4 Å². The van der Waals surface area contributed by atoms with Crippen LogP contribution in [-0.2, 0) is 0 Å². The van der Waals surface area contributed by atoms with Gasteiger partial charge in [-0.3, -0.25) is 4.98 Å². The van der Waals surface area contributed by atoms with Gasteiger partial charge in [0.2, 0.25) is 0 Å². The van der Waals surface area contributed by atoms with Crippen molar-refractivity contribution in [1.29, 1.82) is 0 Å². The summed E-state index contributed by atoms with van der Waals surface area (Å²) in [5, 5.41) is 0.748. The number of halogens is 2. The number of hydrogen-bond acceptors (Lipinski definition) is 5. The van der Waals surface area contributed by atoms with E-state index in [0.29, 0.717) is 22.7 Å². The second-order valence-corrected chi connectivity index (χ2v) is 7.86. The molecule has 0 atom stereocenters. The molecule has 5 nitrogen and oxygen atoms in total. The van der Waals surface area contributed by atoms with Crippen molar-refractivity contribution in [1.82, 2.24) is 15.0 Å². The molecule has 0 saturated carbocycles. The third kappa shape index (κ3) is 3.75. The molecule has 2 aromatic heterocycles. The van der Waals surface area contributed by atoms with Gasteiger partial charge in [0, 0.05) is 42.0 Å². The third-order valence-electron chi connectivity index (χ3n) is 5.78. The molecule has 3 heterocycles. The Morgan fingerprint density at radius 2 is 1.78 bits per heavy atom. The predicted octanol–water partition coefficient (Wildman–Crippen LogP) is 5.64. The first-order valence-corrected chi connectivity index (χ1v) is 10.6. The number of benzene rings is 2. The second kappa shape index (κ2) is 8.49. The predicted molar refractivity (Wildman–Crippen MR) is 121 cm³/mol. The van der Waals surface area contributed by atoms with Crippen LogP contribution < -0.4 is 9.64 Å². The number of methoxy groups -OCH3 is 1. The van der Waals surface area contributed by atoms with Gasteiger partial charge in [-0.05, 0) is 67.3 Å². The SMILES string of the molecule is COc1cc(-c2cc(F)ccc2F)cc2c(N3CCCCC3)nc(-c3cccnc3)nc12. The average Bonchev–Trinajstić information content (AvgIpc) is 2.85. The first kappa shape index (κ1) is 20.3. The first-order valence-electron chi connectivity index (χ1n) is 10.6. The van der Waals surface area contributed by atoms with Crippen molar-refractivity contribution in [2.24, 2.45) is 0 Å². The Morgan fingerprint density at radius 3 is 2.53 bits per heavy atom. The van der Waals surface area contributed by atoms with E-state index >= 15 is 0 Å². The zero-order valence-corrected chi connectivity index (χ0v) is 17.7. The lowest BCUT2D eigenvalue weighted by Crippen LogP contribution is -2.30. The summed E-state index contributed by atoms with van der Waals surface area (Å²) in [6.07, 6.45) is 6.75.